The summed E-state index contributed by atoms with van der Waals surface area (Å²) in [5, 5.41) is 3.72. The summed E-state index contributed by atoms with van der Waals surface area (Å²) in [6.07, 6.45) is 2.40. The number of piperidine rings is 1. The standard InChI is InChI=1S/C21H26Br2N2O/c1-2-26-21-19(22)12-17(13-20(21)23)14-24-18-8-10-25(11-9-18)15-16-6-4-3-5-7-16/h3-7,12-13,18,24H,2,8-11,14-15H2,1H3. The van der Waals surface area contributed by atoms with Crippen LogP contribution in [0.5, 0.6) is 5.75 Å². The number of ether oxygens (including phenoxy) is 1. The van der Waals surface area contributed by atoms with Gasteiger partial charge in [0.2, 0.25) is 0 Å². The van der Waals surface area contributed by atoms with Gasteiger partial charge in [0, 0.05) is 19.1 Å². The van der Waals surface area contributed by atoms with Crippen LogP contribution in [0.3, 0.4) is 0 Å². The molecule has 1 N–H and O–H groups in total. The third-order valence-electron chi connectivity index (χ3n) is 4.78. The Morgan fingerprint density at radius 3 is 2.31 bits per heavy atom. The molecule has 0 amide bonds. The van der Waals surface area contributed by atoms with E-state index in [2.05, 4.69) is 84.5 Å². The van der Waals surface area contributed by atoms with Crippen molar-refractivity contribution in [2.75, 3.05) is 19.7 Å². The maximum absolute atomic E-state index is 5.66. The maximum Gasteiger partial charge on any atom is 0.147 e. The Bertz CT molecular complexity index is 677. The van der Waals surface area contributed by atoms with E-state index in [0.29, 0.717) is 12.6 Å². The van der Waals surface area contributed by atoms with Crippen molar-refractivity contribution in [2.45, 2.75) is 38.9 Å². The number of benzene rings is 2. The minimum absolute atomic E-state index is 0.589. The van der Waals surface area contributed by atoms with Crippen molar-refractivity contribution in [2.24, 2.45) is 0 Å². The van der Waals surface area contributed by atoms with Crippen LogP contribution in [0.2, 0.25) is 0 Å². The summed E-state index contributed by atoms with van der Waals surface area (Å²) < 4.78 is 7.66. The summed E-state index contributed by atoms with van der Waals surface area (Å²) in [6, 6.07) is 15.6. The Morgan fingerprint density at radius 1 is 1.04 bits per heavy atom. The molecule has 2 aromatic rings. The molecule has 0 aliphatic carbocycles. The number of halogens is 2. The molecule has 2 aromatic carbocycles. The first-order valence-corrected chi connectivity index (χ1v) is 10.8. The Kier molecular flexibility index (Phi) is 7.55. The molecule has 1 saturated heterocycles. The Hall–Kier alpha value is -0.880. The second kappa shape index (κ2) is 9.88. The highest BCUT2D eigenvalue weighted by Gasteiger charge is 2.19. The first-order valence-electron chi connectivity index (χ1n) is 9.26. The van der Waals surface area contributed by atoms with E-state index in [9.17, 15) is 0 Å². The summed E-state index contributed by atoms with van der Waals surface area (Å²) in [5.41, 5.74) is 2.67. The molecule has 3 rings (SSSR count). The summed E-state index contributed by atoms with van der Waals surface area (Å²) >= 11 is 7.23. The van der Waals surface area contributed by atoms with Gasteiger partial charge in [-0.3, -0.25) is 4.90 Å². The van der Waals surface area contributed by atoms with E-state index in [1.807, 2.05) is 6.92 Å². The van der Waals surface area contributed by atoms with Crippen molar-refractivity contribution >= 4 is 31.9 Å². The van der Waals surface area contributed by atoms with Crippen LogP contribution in [0.25, 0.3) is 0 Å². The smallest absolute Gasteiger partial charge is 0.147 e. The largest absolute Gasteiger partial charge is 0.492 e. The summed E-state index contributed by atoms with van der Waals surface area (Å²) in [4.78, 5) is 2.55. The van der Waals surface area contributed by atoms with Crippen LogP contribution in [0.15, 0.2) is 51.4 Å². The monoisotopic (exact) mass is 480 g/mol. The third-order valence-corrected chi connectivity index (χ3v) is 5.96. The van der Waals surface area contributed by atoms with Gasteiger partial charge in [-0.1, -0.05) is 30.3 Å². The molecule has 1 heterocycles. The Morgan fingerprint density at radius 2 is 1.69 bits per heavy atom. The van der Waals surface area contributed by atoms with E-state index >= 15 is 0 Å². The van der Waals surface area contributed by atoms with Crippen molar-refractivity contribution in [1.29, 1.82) is 0 Å². The Labute approximate surface area is 173 Å². The predicted molar refractivity (Wildman–Crippen MR) is 115 cm³/mol. The van der Waals surface area contributed by atoms with Gasteiger partial charge >= 0.3 is 0 Å². The molecular weight excluding hydrogens is 456 g/mol. The van der Waals surface area contributed by atoms with E-state index in [-0.39, 0.29) is 0 Å². The molecule has 3 nitrogen and oxygen atoms in total. The van der Waals surface area contributed by atoms with Crippen molar-refractivity contribution in [1.82, 2.24) is 10.2 Å². The maximum atomic E-state index is 5.66. The second-order valence-corrected chi connectivity index (χ2v) is 8.45. The van der Waals surface area contributed by atoms with Gasteiger partial charge in [0.25, 0.3) is 0 Å². The number of hydrogen-bond acceptors (Lipinski definition) is 3. The average Bonchev–Trinajstić information content (AvgIpc) is 2.65. The van der Waals surface area contributed by atoms with Crippen molar-refractivity contribution in [3.63, 3.8) is 0 Å². The molecule has 0 bridgehead atoms. The summed E-state index contributed by atoms with van der Waals surface area (Å²) in [7, 11) is 0. The third kappa shape index (κ3) is 5.56. The van der Waals surface area contributed by atoms with E-state index in [1.165, 1.54) is 24.0 Å². The highest BCUT2D eigenvalue weighted by Crippen LogP contribution is 2.34. The first-order chi connectivity index (χ1) is 12.7. The SMILES string of the molecule is CCOc1c(Br)cc(CNC2CCN(Cc3ccccc3)CC2)cc1Br. The lowest BCUT2D eigenvalue weighted by molar-refractivity contribution is 0.190. The first kappa shape index (κ1) is 19.9. The highest BCUT2D eigenvalue weighted by atomic mass is 79.9. The molecule has 0 radical (unpaired) electrons. The van der Waals surface area contributed by atoms with Crippen LogP contribution in [-0.4, -0.2) is 30.6 Å². The number of likely N-dealkylation sites (tertiary alicyclic amines) is 1. The number of nitrogens with one attached hydrogen (secondary N) is 1. The van der Waals surface area contributed by atoms with Crippen molar-refractivity contribution in [3.05, 3.63) is 62.5 Å². The van der Waals surface area contributed by atoms with Gasteiger partial charge in [0.1, 0.15) is 5.75 Å². The average molecular weight is 482 g/mol. The fourth-order valence-electron chi connectivity index (χ4n) is 3.40. The van der Waals surface area contributed by atoms with Crippen molar-refractivity contribution in [3.8, 4) is 5.75 Å². The lowest BCUT2D eigenvalue weighted by Crippen LogP contribution is -2.41. The number of hydrogen-bond donors (Lipinski definition) is 1. The topological polar surface area (TPSA) is 24.5 Å². The molecule has 0 spiro atoms. The quantitative estimate of drug-likeness (QED) is 0.575. The fraction of sp³-hybridized carbons (Fsp3) is 0.429. The second-order valence-electron chi connectivity index (χ2n) is 6.74. The Balaban J connectivity index is 1.46. The minimum atomic E-state index is 0.589. The van der Waals surface area contributed by atoms with Crippen molar-refractivity contribution < 1.29 is 4.74 Å². The van der Waals surface area contributed by atoms with Gasteiger partial charge in [-0.05, 0) is 88.0 Å². The molecule has 0 saturated carbocycles. The molecule has 1 aliphatic rings. The lowest BCUT2D eigenvalue weighted by Gasteiger charge is -2.32. The molecular formula is C21H26Br2N2O. The zero-order valence-corrected chi connectivity index (χ0v) is 18.4. The van der Waals surface area contributed by atoms with Gasteiger partial charge in [0.15, 0.2) is 0 Å². The van der Waals surface area contributed by atoms with Gasteiger partial charge in [0.05, 0.1) is 15.6 Å². The van der Waals surface area contributed by atoms with Gasteiger partial charge in [-0.15, -0.1) is 0 Å². The molecule has 0 atom stereocenters. The van der Waals surface area contributed by atoms with E-state index < -0.39 is 0 Å². The van der Waals surface area contributed by atoms with Gasteiger partial charge < -0.3 is 10.1 Å². The normalized spacial score (nSPS) is 16.0. The van der Waals surface area contributed by atoms with Gasteiger partial charge in [-0.2, -0.15) is 0 Å². The lowest BCUT2D eigenvalue weighted by atomic mass is 10.0. The predicted octanol–water partition coefficient (Wildman–Crippen LogP) is 5.36. The number of nitrogens with zero attached hydrogens (tertiary/aromatic N) is 1. The summed E-state index contributed by atoms with van der Waals surface area (Å²) in [5.74, 6) is 0.880. The fourth-order valence-corrected chi connectivity index (χ4v) is 4.91. The van der Waals surface area contributed by atoms with Crippen LogP contribution in [0, 0.1) is 0 Å². The van der Waals surface area contributed by atoms with Gasteiger partial charge in [-0.25, -0.2) is 0 Å². The van der Waals surface area contributed by atoms with Crippen LogP contribution in [0.4, 0.5) is 0 Å². The van der Waals surface area contributed by atoms with Crippen LogP contribution < -0.4 is 10.1 Å². The van der Waals surface area contributed by atoms with Crippen LogP contribution in [0.1, 0.15) is 30.9 Å². The van der Waals surface area contributed by atoms with E-state index in [0.717, 1.165) is 40.9 Å². The number of rotatable bonds is 7. The summed E-state index contributed by atoms with van der Waals surface area (Å²) in [6.45, 7) is 6.92. The molecule has 0 aromatic heterocycles. The molecule has 0 unspecified atom stereocenters. The molecule has 26 heavy (non-hydrogen) atoms. The molecule has 1 fully saturated rings. The van der Waals surface area contributed by atoms with Crippen LogP contribution in [-0.2, 0) is 13.1 Å². The molecule has 1 aliphatic heterocycles. The van der Waals surface area contributed by atoms with E-state index in [4.69, 9.17) is 4.74 Å². The van der Waals surface area contributed by atoms with E-state index in [1.54, 1.807) is 0 Å². The zero-order chi connectivity index (χ0) is 18.4. The molecule has 5 heteroatoms. The highest BCUT2D eigenvalue weighted by molar-refractivity contribution is 9.11. The molecule has 140 valence electrons. The minimum Gasteiger partial charge on any atom is -0.492 e. The zero-order valence-electron chi connectivity index (χ0n) is 15.2. The van der Waals surface area contributed by atoms with Crippen LogP contribution >= 0.6 is 31.9 Å².